The normalized spacial score (nSPS) is 17.9. The van der Waals surface area contributed by atoms with Gasteiger partial charge in [0.15, 0.2) is 0 Å². The number of ether oxygens (including phenoxy) is 1. The molecule has 1 aliphatic carbocycles. The Balaban J connectivity index is 1.90. The molecule has 1 atom stereocenters. The number of methoxy groups -OCH3 is 1. The fraction of sp³-hybridized carbons (Fsp3) is 0.562. The first-order valence-corrected chi connectivity index (χ1v) is 7.66. The number of benzene rings is 1. The molecule has 1 fully saturated rings. The van der Waals surface area contributed by atoms with Crippen LogP contribution in [-0.4, -0.2) is 31.3 Å². The molecule has 0 spiro atoms. The Bertz CT molecular complexity index is 488. The zero-order valence-corrected chi connectivity index (χ0v) is 13.0. The molecule has 5 heteroatoms. The summed E-state index contributed by atoms with van der Waals surface area (Å²) in [5.74, 6) is 0.0110. The maximum Gasteiger partial charge on any atom is 0.226 e. The molecule has 0 aromatic heterocycles. The molecule has 0 aliphatic heterocycles. The standard InChI is InChI=1S/C16H22ClNO3/c1-21-10-9-16(7-4-8-16)15(20)18-11-14(19)12-5-2-3-6-13(12)17/h2-3,5-6,14,19H,4,7-11H2,1H3,(H,18,20). The van der Waals surface area contributed by atoms with Crippen LogP contribution in [-0.2, 0) is 9.53 Å². The summed E-state index contributed by atoms with van der Waals surface area (Å²) in [5, 5.41) is 13.5. The van der Waals surface area contributed by atoms with Crippen molar-refractivity contribution in [3.8, 4) is 0 Å². The molecule has 21 heavy (non-hydrogen) atoms. The third-order valence-corrected chi connectivity index (χ3v) is 4.64. The summed E-state index contributed by atoms with van der Waals surface area (Å²) in [6.45, 7) is 0.762. The number of halogens is 1. The predicted molar refractivity (Wildman–Crippen MR) is 82.2 cm³/mol. The van der Waals surface area contributed by atoms with Gasteiger partial charge in [0.25, 0.3) is 0 Å². The van der Waals surface area contributed by atoms with Crippen molar-refractivity contribution >= 4 is 17.5 Å². The van der Waals surface area contributed by atoms with Crippen LogP contribution in [0.5, 0.6) is 0 Å². The smallest absolute Gasteiger partial charge is 0.226 e. The van der Waals surface area contributed by atoms with Gasteiger partial charge in [0.2, 0.25) is 5.91 Å². The van der Waals surface area contributed by atoms with E-state index in [1.165, 1.54) is 0 Å². The second kappa shape index (κ2) is 7.25. The highest BCUT2D eigenvalue weighted by Gasteiger charge is 2.43. The van der Waals surface area contributed by atoms with Crippen molar-refractivity contribution < 1.29 is 14.6 Å². The second-order valence-corrected chi connectivity index (χ2v) is 6.03. The van der Waals surface area contributed by atoms with Crippen molar-refractivity contribution in [2.45, 2.75) is 31.8 Å². The van der Waals surface area contributed by atoms with Gasteiger partial charge in [0, 0.05) is 30.8 Å². The summed E-state index contributed by atoms with van der Waals surface area (Å²) in [6.07, 6.45) is 2.80. The van der Waals surface area contributed by atoms with Crippen LogP contribution in [0.3, 0.4) is 0 Å². The van der Waals surface area contributed by atoms with Crippen LogP contribution in [0, 0.1) is 5.41 Å². The number of amides is 1. The molecule has 1 unspecified atom stereocenters. The molecule has 1 aromatic carbocycles. The summed E-state index contributed by atoms with van der Waals surface area (Å²) in [7, 11) is 1.64. The summed E-state index contributed by atoms with van der Waals surface area (Å²) in [6, 6.07) is 7.13. The first-order chi connectivity index (χ1) is 10.1. The van der Waals surface area contributed by atoms with Crippen molar-refractivity contribution in [2.24, 2.45) is 5.41 Å². The van der Waals surface area contributed by atoms with E-state index in [-0.39, 0.29) is 17.9 Å². The Kier molecular flexibility index (Phi) is 5.62. The lowest BCUT2D eigenvalue weighted by Gasteiger charge is -2.40. The summed E-state index contributed by atoms with van der Waals surface area (Å²) in [4.78, 5) is 12.4. The van der Waals surface area contributed by atoms with Crippen LogP contribution in [0.25, 0.3) is 0 Å². The monoisotopic (exact) mass is 311 g/mol. The van der Waals surface area contributed by atoms with Crippen LogP contribution < -0.4 is 5.32 Å². The largest absolute Gasteiger partial charge is 0.387 e. The molecule has 1 aromatic rings. The van der Waals surface area contributed by atoms with Gasteiger partial charge < -0.3 is 15.2 Å². The van der Waals surface area contributed by atoms with E-state index < -0.39 is 6.10 Å². The summed E-state index contributed by atoms with van der Waals surface area (Å²) >= 11 is 6.04. The number of nitrogens with one attached hydrogen (secondary N) is 1. The molecule has 0 radical (unpaired) electrons. The number of carbonyl (C=O) groups is 1. The number of rotatable bonds is 7. The summed E-state index contributed by atoms with van der Waals surface area (Å²) < 4.78 is 5.09. The lowest BCUT2D eigenvalue weighted by atomic mass is 9.66. The third kappa shape index (κ3) is 3.76. The molecule has 2 rings (SSSR count). The minimum Gasteiger partial charge on any atom is -0.387 e. The zero-order chi connectivity index (χ0) is 15.3. The molecular formula is C16H22ClNO3. The minimum absolute atomic E-state index is 0.0110. The van der Waals surface area contributed by atoms with Gasteiger partial charge in [0.1, 0.15) is 0 Å². The maximum atomic E-state index is 12.4. The molecule has 2 N–H and O–H groups in total. The van der Waals surface area contributed by atoms with Crippen LogP contribution >= 0.6 is 11.6 Å². The van der Waals surface area contributed by atoms with Crippen LogP contribution in [0.4, 0.5) is 0 Å². The quantitative estimate of drug-likeness (QED) is 0.814. The van der Waals surface area contributed by atoms with Crippen molar-refractivity contribution in [3.63, 3.8) is 0 Å². The van der Waals surface area contributed by atoms with Crippen LogP contribution in [0.15, 0.2) is 24.3 Å². The van der Waals surface area contributed by atoms with Crippen molar-refractivity contribution in [3.05, 3.63) is 34.9 Å². The average Bonchev–Trinajstić information content (AvgIpc) is 2.44. The molecule has 0 heterocycles. The molecule has 0 bridgehead atoms. The molecule has 0 saturated heterocycles. The Morgan fingerprint density at radius 3 is 2.76 bits per heavy atom. The SMILES string of the molecule is COCCC1(C(=O)NCC(O)c2ccccc2Cl)CCC1. The molecule has 4 nitrogen and oxygen atoms in total. The van der Waals surface area contributed by atoms with Gasteiger partial charge in [-0.1, -0.05) is 36.2 Å². The van der Waals surface area contributed by atoms with Gasteiger partial charge >= 0.3 is 0 Å². The number of hydrogen-bond acceptors (Lipinski definition) is 3. The van der Waals surface area contributed by atoms with E-state index in [9.17, 15) is 9.90 Å². The van der Waals surface area contributed by atoms with Gasteiger partial charge in [0.05, 0.1) is 11.5 Å². The van der Waals surface area contributed by atoms with Crippen molar-refractivity contribution in [1.29, 1.82) is 0 Å². The Morgan fingerprint density at radius 2 is 2.19 bits per heavy atom. The maximum absolute atomic E-state index is 12.4. The molecule has 1 saturated carbocycles. The minimum atomic E-state index is -0.790. The van der Waals surface area contributed by atoms with Crippen molar-refractivity contribution in [1.82, 2.24) is 5.32 Å². The van der Waals surface area contributed by atoms with E-state index in [1.807, 2.05) is 12.1 Å². The van der Waals surface area contributed by atoms with E-state index in [4.69, 9.17) is 16.3 Å². The van der Waals surface area contributed by atoms with Gasteiger partial charge in [-0.25, -0.2) is 0 Å². The lowest BCUT2D eigenvalue weighted by Crippen LogP contribution is -2.47. The highest BCUT2D eigenvalue weighted by Crippen LogP contribution is 2.44. The number of hydrogen-bond donors (Lipinski definition) is 2. The Hall–Kier alpha value is -1.10. The second-order valence-electron chi connectivity index (χ2n) is 5.62. The van der Waals surface area contributed by atoms with Gasteiger partial charge in [-0.2, -0.15) is 0 Å². The highest BCUT2D eigenvalue weighted by molar-refractivity contribution is 6.31. The van der Waals surface area contributed by atoms with E-state index in [0.29, 0.717) is 17.2 Å². The average molecular weight is 312 g/mol. The van der Waals surface area contributed by atoms with E-state index in [0.717, 1.165) is 25.7 Å². The van der Waals surface area contributed by atoms with E-state index >= 15 is 0 Å². The first-order valence-electron chi connectivity index (χ1n) is 7.29. The fourth-order valence-corrected chi connectivity index (χ4v) is 2.99. The Labute approximate surface area is 130 Å². The first kappa shape index (κ1) is 16.3. The molecule has 1 aliphatic rings. The van der Waals surface area contributed by atoms with Gasteiger partial charge in [-0.05, 0) is 25.3 Å². The number of carbonyl (C=O) groups excluding carboxylic acids is 1. The highest BCUT2D eigenvalue weighted by atomic mass is 35.5. The van der Waals surface area contributed by atoms with E-state index in [2.05, 4.69) is 5.32 Å². The van der Waals surface area contributed by atoms with Gasteiger partial charge in [-0.15, -0.1) is 0 Å². The molecule has 1 amide bonds. The zero-order valence-electron chi connectivity index (χ0n) is 12.3. The summed E-state index contributed by atoms with van der Waals surface area (Å²) in [5.41, 5.74) is 0.329. The van der Waals surface area contributed by atoms with Crippen molar-refractivity contribution in [2.75, 3.05) is 20.3 Å². The third-order valence-electron chi connectivity index (χ3n) is 4.30. The van der Waals surface area contributed by atoms with Gasteiger partial charge in [-0.3, -0.25) is 4.79 Å². The number of aliphatic hydroxyl groups excluding tert-OH is 1. The molecule has 116 valence electrons. The van der Waals surface area contributed by atoms with E-state index in [1.54, 1.807) is 19.2 Å². The topological polar surface area (TPSA) is 58.6 Å². The lowest BCUT2D eigenvalue weighted by molar-refractivity contribution is -0.138. The molecular weight excluding hydrogens is 290 g/mol. The number of aliphatic hydroxyl groups is 1. The van der Waals surface area contributed by atoms with Crippen LogP contribution in [0.1, 0.15) is 37.4 Å². The predicted octanol–water partition coefficient (Wildman–Crippen LogP) is 2.70. The fourth-order valence-electron chi connectivity index (χ4n) is 2.72. The Morgan fingerprint density at radius 1 is 1.48 bits per heavy atom. The van der Waals surface area contributed by atoms with Crippen LogP contribution in [0.2, 0.25) is 5.02 Å².